The summed E-state index contributed by atoms with van der Waals surface area (Å²) in [7, 11) is 0. The summed E-state index contributed by atoms with van der Waals surface area (Å²) in [6.07, 6.45) is 1.50. The van der Waals surface area contributed by atoms with Crippen LogP contribution < -0.4 is 11.0 Å². The maximum atomic E-state index is 12.6. The zero-order chi connectivity index (χ0) is 18.7. The molecule has 1 N–H and O–H groups in total. The van der Waals surface area contributed by atoms with E-state index in [1.54, 1.807) is 6.92 Å². The van der Waals surface area contributed by atoms with Crippen LogP contribution in [0.4, 0.5) is 5.69 Å². The van der Waals surface area contributed by atoms with E-state index in [2.05, 4.69) is 15.4 Å². The highest BCUT2D eigenvalue weighted by atomic mass is 16.2. The Morgan fingerprint density at radius 1 is 1.04 bits per heavy atom. The third-order valence-electron chi connectivity index (χ3n) is 4.26. The number of para-hydroxylation sites is 1. The molecule has 0 saturated carbocycles. The molecule has 1 atom stereocenters. The van der Waals surface area contributed by atoms with Gasteiger partial charge < -0.3 is 5.32 Å². The first-order valence-electron chi connectivity index (χ1n) is 8.35. The summed E-state index contributed by atoms with van der Waals surface area (Å²) < 4.78 is 1.09. The van der Waals surface area contributed by atoms with Crippen LogP contribution in [-0.4, -0.2) is 20.7 Å². The Balaban J connectivity index is 1.85. The summed E-state index contributed by atoms with van der Waals surface area (Å²) in [5.74, 6) is -0.314. The molecule has 1 amide bonds. The highest BCUT2D eigenvalue weighted by Gasteiger charge is 2.19. The van der Waals surface area contributed by atoms with Gasteiger partial charge >= 0.3 is 5.69 Å². The van der Waals surface area contributed by atoms with Gasteiger partial charge in [0.05, 0.1) is 11.9 Å². The molecule has 6 nitrogen and oxygen atoms in total. The smallest absolute Gasteiger partial charge is 0.324 e. The monoisotopic (exact) mass is 348 g/mol. The number of hydrogen-bond acceptors (Lipinski definition) is 4. The minimum Gasteiger partial charge on any atom is -0.324 e. The molecular weight excluding hydrogens is 328 g/mol. The van der Waals surface area contributed by atoms with Crippen molar-refractivity contribution in [2.75, 3.05) is 5.32 Å². The van der Waals surface area contributed by atoms with E-state index >= 15 is 0 Å². The van der Waals surface area contributed by atoms with Crippen LogP contribution >= 0.6 is 0 Å². The number of rotatable bonds is 4. The molecule has 3 rings (SSSR count). The summed E-state index contributed by atoms with van der Waals surface area (Å²) in [6.45, 7) is 5.48. The van der Waals surface area contributed by atoms with Gasteiger partial charge in [-0.1, -0.05) is 48.5 Å². The van der Waals surface area contributed by atoms with Gasteiger partial charge in [-0.15, -0.1) is 0 Å². The fourth-order valence-electron chi connectivity index (χ4n) is 2.71. The van der Waals surface area contributed by atoms with Gasteiger partial charge in [-0.05, 0) is 31.9 Å². The molecule has 0 aliphatic rings. The normalized spacial score (nSPS) is 11.8. The van der Waals surface area contributed by atoms with E-state index in [1.807, 2.05) is 62.4 Å². The SMILES string of the molecule is Cc1cccc(C)c1NC(=O)[C@@H](C)n1ncc(-c2ccccc2)nc1=O. The number of aromatic nitrogens is 3. The third kappa shape index (κ3) is 3.54. The Kier molecular flexibility index (Phi) is 4.93. The molecule has 0 fully saturated rings. The number of benzene rings is 2. The van der Waals surface area contributed by atoms with Gasteiger partial charge in [0.1, 0.15) is 6.04 Å². The third-order valence-corrected chi connectivity index (χ3v) is 4.26. The Morgan fingerprint density at radius 2 is 1.69 bits per heavy atom. The fourth-order valence-corrected chi connectivity index (χ4v) is 2.71. The Labute approximate surface area is 151 Å². The van der Waals surface area contributed by atoms with Gasteiger partial charge in [-0.25, -0.2) is 9.48 Å². The second-order valence-corrected chi connectivity index (χ2v) is 6.17. The predicted octanol–water partition coefficient (Wildman–Crippen LogP) is 3.12. The molecule has 0 bridgehead atoms. The molecule has 0 aliphatic heterocycles. The quantitative estimate of drug-likeness (QED) is 0.786. The summed E-state index contributed by atoms with van der Waals surface area (Å²) in [4.78, 5) is 29.0. The van der Waals surface area contributed by atoms with E-state index < -0.39 is 11.7 Å². The van der Waals surface area contributed by atoms with E-state index in [0.717, 1.165) is 27.1 Å². The number of carbonyl (C=O) groups is 1. The summed E-state index contributed by atoms with van der Waals surface area (Å²) in [5.41, 5.74) is 3.40. The number of amides is 1. The first kappa shape index (κ1) is 17.5. The van der Waals surface area contributed by atoms with E-state index in [9.17, 15) is 9.59 Å². The second kappa shape index (κ2) is 7.31. The second-order valence-electron chi connectivity index (χ2n) is 6.17. The van der Waals surface area contributed by atoms with Gasteiger partial charge in [0, 0.05) is 11.3 Å². The largest absolute Gasteiger partial charge is 0.365 e. The van der Waals surface area contributed by atoms with Crippen molar-refractivity contribution in [1.82, 2.24) is 14.8 Å². The molecular formula is C20H20N4O2. The molecule has 6 heteroatoms. The van der Waals surface area contributed by atoms with Crippen LogP contribution in [0.5, 0.6) is 0 Å². The van der Waals surface area contributed by atoms with Crippen molar-refractivity contribution < 1.29 is 4.79 Å². The number of carbonyl (C=O) groups excluding carboxylic acids is 1. The van der Waals surface area contributed by atoms with E-state index in [0.29, 0.717) is 5.69 Å². The molecule has 0 aliphatic carbocycles. The molecule has 0 radical (unpaired) electrons. The van der Waals surface area contributed by atoms with Gasteiger partial charge in [-0.2, -0.15) is 10.1 Å². The zero-order valence-corrected chi connectivity index (χ0v) is 14.9. The van der Waals surface area contributed by atoms with Crippen LogP contribution in [0.2, 0.25) is 0 Å². The van der Waals surface area contributed by atoms with Gasteiger partial charge in [0.2, 0.25) is 5.91 Å². The summed E-state index contributed by atoms with van der Waals surface area (Å²) in [6, 6.07) is 14.3. The van der Waals surface area contributed by atoms with Crippen LogP contribution in [0.15, 0.2) is 59.5 Å². The van der Waals surface area contributed by atoms with Crippen molar-refractivity contribution in [3.05, 3.63) is 76.3 Å². The first-order chi connectivity index (χ1) is 12.5. The fraction of sp³-hybridized carbons (Fsp3) is 0.200. The molecule has 0 unspecified atom stereocenters. The number of nitrogens with one attached hydrogen (secondary N) is 1. The molecule has 0 spiro atoms. The molecule has 1 heterocycles. The van der Waals surface area contributed by atoms with Crippen LogP contribution in [0.25, 0.3) is 11.3 Å². The average molecular weight is 348 g/mol. The number of anilines is 1. The minimum absolute atomic E-state index is 0.314. The van der Waals surface area contributed by atoms with Crippen molar-refractivity contribution in [2.45, 2.75) is 26.8 Å². The van der Waals surface area contributed by atoms with Crippen molar-refractivity contribution in [3.8, 4) is 11.3 Å². The molecule has 0 saturated heterocycles. The summed E-state index contributed by atoms with van der Waals surface area (Å²) in [5, 5.41) is 7.03. The highest BCUT2D eigenvalue weighted by Crippen LogP contribution is 2.20. The van der Waals surface area contributed by atoms with Gasteiger partial charge in [-0.3, -0.25) is 4.79 Å². The van der Waals surface area contributed by atoms with E-state index in [4.69, 9.17) is 0 Å². The van der Waals surface area contributed by atoms with Gasteiger partial charge in [0.15, 0.2) is 0 Å². The Bertz CT molecular complexity index is 976. The zero-order valence-electron chi connectivity index (χ0n) is 14.9. The van der Waals surface area contributed by atoms with Gasteiger partial charge in [0.25, 0.3) is 0 Å². The predicted molar refractivity (Wildman–Crippen MR) is 101 cm³/mol. The lowest BCUT2D eigenvalue weighted by Gasteiger charge is -2.16. The lowest BCUT2D eigenvalue weighted by atomic mass is 10.1. The topological polar surface area (TPSA) is 76.9 Å². The first-order valence-corrected chi connectivity index (χ1v) is 8.35. The molecule has 26 heavy (non-hydrogen) atoms. The van der Waals surface area contributed by atoms with Crippen molar-refractivity contribution in [3.63, 3.8) is 0 Å². The van der Waals surface area contributed by atoms with Crippen molar-refractivity contribution >= 4 is 11.6 Å². The molecule has 132 valence electrons. The van der Waals surface area contributed by atoms with Crippen LogP contribution in [-0.2, 0) is 4.79 Å². The summed E-state index contributed by atoms with van der Waals surface area (Å²) >= 11 is 0. The van der Waals surface area contributed by atoms with Crippen LogP contribution in [0.1, 0.15) is 24.1 Å². The van der Waals surface area contributed by atoms with Crippen molar-refractivity contribution in [2.24, 2.45) is 0 Å². The average Bonchev–Trinajstić information content (AvgIpc) is 2.65. The van der Waals surface area contributed by atoms with Crippen molar-refractivity contribution in [1.29, 1.82) is 0 Å². The lowest BCUT2D eigenvalue weighted by Crippen LogP contribution is -2.35. The Morgan fingerprint density at radius 3 is 2.31 bits per heavy atom. The number of nitrogens with zero attached hydrogens (tertiary/aromatic N) is 3. The van der Waals surface area contributed by atoms with Crippen LogP contribution in [0.3, 0.4) is 0 Å². The van der Waals surface area contributed by atoms with E-state index in [-0.39, 0.29) is 5.91 Å². The minimum atomic E-state index is -0.779. The lowest BCUT2D eigenvalue weighted by molar-refractivity contribution is -0.119. The highest BCUT2D eigenvalue weighted by molar-refractivity contribution is 5.94. The molecule has 2 aromatic carbocycles. The van der Waals surface area contributed by atoms with E-state index in [1.165, 1.54) is 6.20 Å². The maximum Gasteiger partial charge on any atom is 0.365 e. The number of hydrogen-bond donors (Lipinski definition) is 1. The number of aryl methyl sites for hydroxylation is 2. The standard InChI is InChI=1S/C20H20N4O2/c1-13-8-7-9-14(2)18(13)23-19(25)15(3)24-20(26)22-17(12-21-24)16-10-5-4-6-11-16/h4-12,15H,1-3H3,(H,23,25)/t15-/m1/s1. The molecule has 1 aromatic heterocycles. The van der Waals surface area contributed by atoms with Crippen LogP contribution in [0, 0.1) is 13.8 Å². The Hall–Kier alpha value is -3.28. The molecule has 3 aromatic rings. The maximum absolute atomic E-state index is 12.6.